The highest BCUT2D eigenvalue weighted by molar-refractivity contribution is 5.76. The summed E-state index contributed by atoms with van der Waals surface area (Å²) in [5.74, 6) is 0.949. The summed E-state index contributed by atoms with van der Waals surface area (Å²) in [6.07, 6.45) is 2.76. The van der Waals surface area contributed by atoms with Gasteiger partial charge in [0, 0.05) is 39.0 Å². The van der Waals surface area contributed by atoms with Crippen LogP contribution in [0.3, 0.4) is 0 Å². The van der Waals surface area contributed by atoms with Crippen molar-refractivity contribution in [2.45, 2.75) is 18.9 Å². The lowest BCUT2D eigenvalue weighted by molar-refractivity contribution is -0.139. The molecule has 0 aromatic carbocycles. The van der Waals surface area contributed by atoms with Crippen molar-refractivity contribution in [3.05, 3.63) is 41.9 Å². The largest absolute Gasteiger partial charge is 0.373 e. The number of nitrogens with zero attached hydrogens (tertiary/aromatic N) is 4. The molecule has 3 rings (SSSR count). The summed E-state index contributed by atoms with van der Waals surface area (Å²) < 4.78 is 7.62. The number of pyridine rings is 1. The summed E-state index contributed by atoms with van der Waals surface area (Å²) in [7, 11) is 3.73. The molecular weight excluding hydrogens is 306 g/mol. The summed E-state index contributed by atoms with van der Waals surface area (Å²) in [6.45, 7) is 1.71. The van der Waals surface area contributed by atoms with E-state index in [1.54, 1.807) is 6.20 Å². The number of anilines is 1. The van der Waals surface area contributed by atoms with E-state index >= 15 is 0 Å². The highest BCUT2D eigenvalue weighted by atomic mass is 16.5. The average Bonchev–Trinajstić information content (AvgIpc) is 3.04. The smallest absolute Gasteiger partial charge is 0.223 e. The Bertz CT molecular complexity index is 700. The molecule has 1 atom stereocenters. The summed E-state index contributed by atoms with van der Waals surface area (Å²) in [5, 5.41) is 7.16. The number of amides is 1. The predicted molar refractivity (Wildman–Crippen MR) is 90.6 cm³/mol. The van der Waals surface area contributed by atoms with Crippen LogP contribution in [0.2, 0.25) is 0 Å². The molecule has 1 N–H and O–H groups in total. The van der Waals surface area contributed by atoms with Gasteiger partial charge in [-0.1, -0.05) is 6.07 Å². The van der Waals surface area contributed by atoms with E-state index < -0.39 is 0 Å². The van der Waals surface area contributed by atoms with Crippen molar-refractivity contribution in [3.8, 4) is 0 Å². The van der Waals surface area contributed by atoms with E-state index in [0.29, 0.717) is 32.5 Å². The van der Waals surface area contributed by atoms with Gasteiger partial charge >= 0.3 is 0 Å². The number of ether oxygens (including phenoxy) is 1. The molecule has 3 heterocycles. The second-order valence-electron chi connectivity index (χ2n) is 5.84. The molecule has 1 aliphatic heterocycles. The van der Waals surface area contributed by atoms with Crippen LogP contribution < -0.4 is 5.32 Å². The molecule has 1 fully saturated rings. The van der Waals surface area contributed by atoms with E-state index in [0.717, 1.165) is 17.2 Å². The number of hydrogen-bond acceptors (Lipinski definition) is 5. The minimum Gasteiger partial charge on any atom is -0.373 e. The molecule has 0 bridgehead atoms. The Morgan fingerprint density at radius 2 is 2.29 bits per heavy atom. The number of hydrogen-bond donors (Lipinski definition) is 1. The van der Waals surface area contributed by atoms with Crippen molar-refractivity contribution in [2.24, 2.45) is 7.05 Å². The second-order valence-corrected chi connectivity index (χ2v) is 5.84. The van der Waals surface area contributed by atoms with Gasteiger partial charge in [0.15, 0.2) is 0 Å². The number of morpholine rings is 1. The van der Waals surface area contributed by atoms with Crippen molar-refractivity contribution in [1.82, 2.24) is 19.7 Å². The van der Waals surface area contributed by atoms with Gasteiger partial charge in [-0.3, -0.25) is 9.48 Å². The van der Waals surface area contributed by atoms with Crippen LogP contribution in [0.15, 0.2) is 30.5 Å². The Labute approximate surface area is 141 Å². The number of rotatable bonds is 5. The molecule has 2 aromatic heterocycles. The Kier molecular flexibility index (Phi) is 5.10. The zero-order valence-electron chi connectivity index (χ0n) is 14.1. The SMILES string of the molecule is CNc1cccc([C@@H]2CN(C(=O)CCc3ccnn3C)CCO2)n1. The van der Waals surface area contributed by atoms with Gasteiger partial charge < -0.3 is 15.0 Å². The molecule has 7 heteroatoms. The Morgan fingerprint density at radius 3 is 3.04 bits per heavy atom. The standard InChI is InChI=1S/C17H23N5O2/c1-18-16-5-3-4-14(20-16)15-12-22(10-11-24-15)17(23)7-6-13-8-9-19-21(13)2/h3-5,8-9,15H,6-7,10-12H2,1-2H3,(H,18,20)/t15-/m0/s1. The molecular formula is C17H23N5O2. The monoisotopic (exact) mass is 329 g/mol. The van der Waals surface area contributed by atoms with E-state index in [4.69, 9.17) is 4.74 Å². The first-order valence-corrected chi connectivity index (χ1v) is 8.18. The summed E-state index contributed by atoms with van der Waals surface area (Å²) in [5.41, 5.74) is 1.92. The fourth-order valence-corrected chi connectivity index (χ4v) is 2.86. The highest BCUT2D eigenvalue weighted by Gasteiger charge is 2.26. The van der Waals surface area contributed by atoms with Crippen LogP contribution in [0, 0.1) is 0 Å². The van der Waals surface area contributed by atoms with Crippen LogP contribution in [0.25, 0.3) is 0 Å². The van der Waals surface area contributed by atoms with E-state index in [-0.39, 0.29) is 12.0 Å². The minimum atomic E-state index is -0.173. The third-order valence-electron chi connectivity index (χ3n) is 4.29. The number of aryl methyl sites for hydroxylation is 2. The normalized spacial score (nSPS) is 17.8. The Hall–Kier alpha value is -2.41. The van der Waals surface area contributed by atoms with E-state index in [2.05, 4.69) is 15.4 Å². The lowest BCUT2D eigenvalue weighted by atomic mass is 10.1. The topological polar surface area (TPSA) is 72.3 Å². The third kappa shape index (κ3) is 3.73. The first kappa shape index (κ1) is 16.4. The summed E-state index contributed by atoms with van der Waals surface area (Å²) in [4.78, 5) is 18.9. The molecule has 1 aliphatic rings. The van der Waals surface area contributed by atoms with Crippen LogP contribution in [0.4, 0.5) is 5.82 Å². The van der Waals surface area contributed by atoms with Crippen molar-refractivity contribution in [1.29, 1.82) is 0 Å². The van der Waals surface area contributed by atoms with E-state index in [9.17, 15) is 4.79 Å². The lowest BCUT2D eigenvalue weighted by Crippen LogP contribution is -2.42. The van der Waals surface area contributed by atoms with Gasteiger partial charge in [-0.25, -0.2) is 4.98 Å². The molecule has 0 saturated carbocycles. The molecule has 0 spiro atoms. The molecule has 0 aliphatic carbocycles. The first-order chi connectivity index (χ1) is 11.7. The van der Waals surface area contributed by atoms with Crippen LogP contribution in [0.1, 0.15) is 23.9 Å². The number of carbonyl (C=O) groups is 1. The maximum Gasteiger partial charge on any atom is 0.223 e. The number of aromatic nitrogens is 3. The second kappa shape index (κ2) is 7.44. The van der Waals surface area contributed by atoms with Gasteiger partial charge in [0.05, 0.1) is 18.8 Å². The fraction of sp³-hybridized carbons (Fsp3) is 0.471. The van der Waals surface area contributed by atoms with Gasteiger partial charge in [-0.15, -0.1) is 0 Å². The van der Waals surface area contributed by atoms with Crippen molar-refractivity contribution in [2.75, 3.05) is 32.1 Å². The highest BCUT2D eigenvalue weighted by Crippen LogP contribution is 2.22. The van der Waals surface area contributed by atoms with E-state index in [1.165, 1.54) is 0 Å². The third-order valence-corrected chi connectivity index (χ3v) is 4.29. The van der Waals surface area contributed by atoms with Crippen LogP contribution >= 0.6 is 0 Å². The fourth-order valence-electron chi connectivity index (χ4n) is 2.86. The minimum absolute atomic E-state index is 0.147. The summed E-state index contributed by atoms with van der Waals surface area (Å²) in [6, 6.07) is 7.74. The Morgan fingerprint density at radius 1 is 1.42 bits per heavy atom. The van der Waals surface area contributed by atoms with Gasteiger partial charge in [0.2, 0.25) is 5.91 Å². The molecule has 1 amide bonds. The van der Waals surface area contributed by atoms with Crippen molar-refractivity contribution in [3.63, 3.8) is 0 Å². The van der Waals surface area contributed by atoms with Gasteiger partial charge in [0.1, 0.15) is 11.9 Å². The van der Waals surface area contributed by atoms with Crippen molar-refractivity contribution >= 4 is 11.7 Å². The van der Waals surface area contributed by atoms with Gasteiger partial charge in [0.25, 0.3) is 0 Å². The van der Waals surface area contributed by atoms with Crippen LogP contribution in [0.5, 0.6) is 0 Å². The average molecular weight is 329 g/mol. The molecule has 128 valence electrons. The number of carbonyl (C=O) groups excluding carboxylic acids is 1. The maximum absolute atomic E-state index is 12.5. The molecule has 0 radical (unpaired) electrons. The summed E-state index contributed by atoms with van der Waals surface area (Å²) >= 11 is 0. The first-order valence-electron chi connectivity index (χ1n) is 8.18. The molecule has 0 unspecified atom stereocenters. The number of nitrogens with one attached hydrogen (secondary N) is 1. The molecule has 2 aromatic rings. The lowest BCUT2D eigenvalue weighted by Gasteiger charge is -2.33. The Balaban J connectivity index is 1.60. The zero-order chi connectivity index (χ0) is 16.9. The quantitative estimate of drug-likeness (QED) is 0.897. The van der Waals surface area contributed by atoms with Gasteiger partial charge in [-0.2, -0.15) is 5.10 Å². The maximum atomic E-state index is 12.5. The molecule has 1 saturated heterocycles. The molecule has 7 nitrogen and oxygen atoms in total. The van der Waals surface area contributed by atoms with E-state index in [1.807, 2.05) is 47.9 Å². The van der Waals surface area contributed by atoms with Crippen LogP contribution in [-0.2, 0) is 23.0 Å². The van der Waals surface area contributed by atoms with Crippen LogP contribution in [-0.4, -0.2) is 52.3 Å². The van der Waals surface area contributed by atoms with Gasteiger partial charge in [-0.05, 0) is 24.6 Å². The zero-order valence-corrected chi connectivity index (χ0v) is 14.1. The molecule has 24 heavy (non-hydrogen) atoms. The predicted octanol–water partition coefficient (Wildman–Crippen LogP) is 1.39. The van der Waals surface area contributed by atoms with Crippen molar-refractivity contribution < 1.29 is 9.53 Å².